The van der Waals surface area contributed by atoms with E-state index in [0.29, 0.717) is 6.61 Å². The Labute approximate surface area is 66.8 Å². The lowest BCUT2D eigenvalue weighted by atomic mass is 10.4. The molecule has 0 aromatic heterocycles. The molecule has 60 valence electrons. The summed E-state index contributed by atoms with van der Waals surface area (Å²) >= 11 is 0. The summed E-state index contributed by atoms with van der Waals surface area (Å²) in [5, 5.41) is 0. The summed E-state index contributed by atoms with van der Waals surface area (Å²) in [6, 6.07) is 0. The van der Waals surface area contributed by atoms with Crippen LogP contribution in [0.5, 0.6) is 0 Å². The molecule has 0 amide bonds. The van der Waals surface area contributed by atoms with Gasteiger partial charge in [0.25, 0.3) is 0 Å². The van der Waals surface area contributed by atoms with E-state index in [0.717, 1.165) is 5.76 Å². The largest absolute Gasteiger partial charge is 0.550 e. The molecule has 1 aliphatic rings. The number of hydrogen-bond acceptors (Lipinski definition) is 2. The van der Waals surface area contributed by atoms with Gasteiger partial charge in [0.1, 0.15) is 0 Å². The molecule has 0 N–H and O–H groups in total. The lowest BCUT2D eigenvalue weighted by Gasteiger charge is -2.05. The summed E-state index contributed by atoms with van der Waals surface area (Å²) in [4.78, 5) is 0. The van der Waals surface area contributed by atoms with Crippen LogP contribution in [0.3, 0.4) is 0 Å². The molecule has 0 bridgehead atoms. The summed E-state index contributed by atoms with van der Waals surface area (Å²) in [6.45, 7) is 2.55. The van der Waals surface area contributed by atoms with Gasteiger partial charge in [0.2, 0.25) is 0 Å². The molecule has 2 nitrogen and oxygen atoms in total. The Balaban J connectivity index is 2.14. The standard InChI is InChI=1S/C9H11O2/c1-2-3-6-10-8-9-5-4-7-11-9/h2-5,7-8H,6H2,1H3/q-1/b3-2+,9-8-. The molecule has 1 aliphatic heterocycles. The Morgan fingerprint density at radius 3 is 3.27 bits per heavy atom. The van der Waals surface area contributed by atoms with Crippen LogP contribution in [-0.2, 0) is 9.47 Å². The highest BCUT2D eigenvalue weighted by Crippen LogP contribution is 2.10. The molecular formula is C9H11O2-. The first kappa shape index (κ1) is 7.79. The van der Waals surface area contributed by atoms with Crippen LogP contribution in [0.4, 0.5) is 0 Å². The molecule has 0 saturated carbocycles. The van der Waals surface area contributed by atoms with E-state index in [2.05, 4.69) is 0 Å². The number of allylic oxidation sites excluding steroid dienone is 2. The van der Waals surface area contributed by atoms with E-state index in [4.69, 9.17) is 9.47 Å². The van der Waals surface area contributed by atoms with Crippen molar-refractivity contribution >= 4 is 0 Å². The van der Waals surface area contributed by atoms with Crippen LogP contribution >= 0.6 is 0 Å². The predicted octanol–water partition coefficient (Wildman–Crippen LogP) is 2.17. The van der Waals surface area contributed by atoms with E-state index in [-0.39, 0.29) is 0 Å². The third-order valence-corrected chi connectivity index (χ3v) is 1.17. The maximum Gasteiger partial charge on any atom is 0.0892 e. The van der Waals surface area contributed by atoms with Gasteiger partial charge in [0.05, 0.1) is 6.61 Å². The Morgan fingerprint density at radius 2 is 2.64 bits per heavy atom. The fourth-order valence-electron chi connectivity index (χ4n) is 0.640. The van der Waals surface area contributed by atoms with Gasteiger partial charge >= 0.3 is 0 Å². The van der Waals surface area contributed by atoms with Gasteiger partial charge in [-0.2, -0.15) is 0 Å². The molecule has 0 atom stereocenters. The Hall–Kier alpha value is -1.31. The SMILES string of the molecule is C/C=C/CO/C=C1/[CH-]C=CO1. The Kier molecular flexibility index (Phi) is 3.19. The first-order valence-electron chi connectivity index (χ1n) is 3.53. The molecule has 1 rings (SSSR count). The second kappa shape index (κ2) is 4.50. The monoisotopic (exact) mass is 151 g/mol. The summed E-state index contributed by atoms with van der Waals surface area (Å²) in [7, 11) is 0. The lowest BCUT2D eigenvalue weighted by molar-refractivity contribution is 0.260. The van der Waals surface area contributed by atoms with Crippen LogP contribution in [-0.4, -0.2) is 6.61 Å². The van der Waals surface area contributed by atoms with Crippen molar-refractivity contribution in [1.29, 1.82) is 0 Å². The fourth-order valence-corrected chi connectivity index (χ4v) is 0.640. The van der Waals surface area contributed by atoms with Crippen molar-refractivity contribution in [3.63, 3.8) is 0 Å². The van der Waals surface area contributed by atoms with Crippen LogP contribution in [0.2, 0.25) is 0 Å². The minimum atomic E-state index is 0.594. The number of rotatable bonds is 3. The summed E-state index contributed by atoms with van der Waals surface area (Å²) < 4.78 is 10.1. The zero-order valence-electron chi connectivity index (χ0n) is 6.49. The van der Waals surface area contributed by atoms with Gasteiger partial charge in [0, 0.05) is 12.0 Å². The van der Waals surface area contributed by atoms with Crippen molar-refractivity contribution in [2.45, 2.75) is 6.92 Å². The van der Waals surface area contributed by atoms with Gasteiger partial charge in [-0.05, 0) is 13.2 Å². The van der Waals surface area contributed by atoms with Crippen LogP contribution in [0.15, 0.2) is 36.5 Å². The zero-order valence-corrected chi connectivity index (χ0v) is 6.49. The van der Waals surface area contributed by atoms with Crippen LogP contribution in [0.1, 0.15) is 6.92 Å². The van der Waals surface area contributed by atoms with E-state index in [1.807, 2.05) is 31.6 Å². The van der Waals surface area contributed by atoms with E-state index < -0.39 is 0 Å². The smallest absolute Gasteiger partial charge is 0.0892 e. The maximum atomic E-state index is 5.11. The summed E-state index contributed by atoms with van der Waals surface area (Å²) in [5.74, 6) is 0.745. The first-order valence-corrected chi connectivity index (χ1v) is 3.53. The normalized spacial score (nSPS) is 18.8. The molecule has 0 saturated heterocycles. The quantitative estimate of drug-likeness (QED) is 0.266. The molecule has 0 aromatic rings. The van der Waals surface area contributed by atoms with E-state index in [9.17, 15) is 0 Å². The highest BCUT2D eigenvalue weighted by atomic mass is 16.5. The second-order valence-corrected chi connectivity index (χ2v) is 2.04. The van der Waals surface area contributed by atoms with Crippen LogP contribution in [0, 0.1) is 6.42 Å². The minimum Gasteiger partial charge on any atom is -0.550 e. The van der Waals surface area contributed by atoms with Gasteiger partial charge in [0.15, 0.2) is 0 Å². The number of ether oxygens (including phenoxy) is 2. The predicted molar refractivity (Wildman–Crippen MR) is 43.4 cm³/mol. The number of hydrogen-bond donors (Lipinski definition) is 0. The molecule has 0 aromatic carbocycles. The van der Waals surface area contributed by atoms with Crippen molar-refractivity contribution in [3.8, 4) is 0 Å². The van der Waals surface area contributed by atoms with E-state index in [1.54, 1.807) is 12.5 Å². The molecule has 0 spiro atoms. The first-order chi connectivity index (χ1) is 5.43. The van der Waals surface area contributed by atoms with Crippen LogP contribution < -0.4 is 0 Å². The zero-order chi connectivity index (χ0) is 7.94. The van der Waals surface area contributed by atoms with Crippen molar-refractivity contribution in [2.24, 2.45) is 0 Å². The van der Waals surface area contributed by atoms with Crippen molar-refractivity contribution in [3.05, 3.63) is 42.9 Å². The topological polar surface area (TPSA) is 18.5 Å². The highest BCUT2D eigenvalue weighted by molar-refractivity contribution is 5.19. The molecule has 0 aliphatic carbocycles. The van der Waals surface area contributed by atoms with Crippen molar-refractivity contribution < 1.29 is 9.47 Å². The molecular weight excluding hydrogens is 140 g/mol. The van der Waals surface area contributed by atoms with Gasteiger partial charge in [-0.25, -0.2) is 0 Å². The van der Waals surface area contributed by atoms with E-state index in [1.165, 1.54) is 0 Å². The highest BCUT2D eigenvalue weighted by Gasteiger charge is 1.89. The van der Waals surface area contributed by atoms with Crippen LogP contribution in [0.25, 0.3) is 0 Å². The molecule has 1 heterocycles. The molecule has 0 fully saturated rings. The third kappa shape index (κ3) is 2.85. The van der Waals surface area contributed by atoms with Gasteiger partial charge in [-0.15, -0.1) is 12.5 Å². The molecule has 2 heteroatoms. The van der Waals surface area contributed by atoms with Gasteiger partial charge in [-0.1, -0.05) is 12.2 Å². The molecule has 0 unspecified atom stereocenters. The molecule has 0 radical (unpaired) electrons. The van der Waals surface area contributed by atoms with Gasteiger partial charge < -0.3 is 9.47 Å². The van der Waals surface area contributed by atoms with Crippen molar-refractivity contribution in [1.82, 2.24) is 0 Å². The maximum absolute atomic E-state index is 5.11. The summed E-state index contributed by atoms with van der Waals surface area (Å²) in [6.07, 6.45) is 10.8. The Morgan fingerprint density at radius 1 is 1.73 bits per heavy atom. The lowest BCUT2D eigenvalue weighted by Crippen LogP contribution is -1.84. The van der Waals surface area contributed by atoms with E-state index >= 15 is 0 Å². The fraction of sp³-hybridized carbons (Fsp3) is 0.222. The average Bonchev–Trinajstić information content (AvgIpc) is 2.50. The second-order valence-electron chi connectivity index (χ2n) is 2.04. The molecule has 11 heavy (non-hydrogen) atoms. The minimum absolute atomic E-state index is 0.594. The third-order valence-electron chi connectivity index (χ3n) is 1.17. The van der Waals surface area contributed by atoms with Gasteiger partial charge in [-0.3, -0.25) is 0 Å². The summed E-state index contributed by atoms with van der Waals surface area (Å²) in [5.41, 5.74) is 0. The Bertz CT molecular complexity index is 180. The average molecular weight is 151 g/mol. The van der Waals surface area contributed by atoms with Crippen molar-refractivity contribution in [2.75, 3.05) is 6.61 Å².